The Morgan fingerprint density at radius 2 is 1.58 bits per heavy atom. The quantitative estimate of drug-likeness (QED) is 0.507. The Labute approximate surface area is 214 Å². The Hall–Kier alpha value is -3.15. The van der Waals surface area contributed by atoms with Crippen LogP contribution in [0.2, 0.25) is 5.02 Å². The van der Waals surface area contributed by atoms with Crippen LogP contribution in [0.25, 0.3) is 0 Å². The van der Waals surface area contributed by atoms with Crippen molar-refractivity contribution in [3.8, 4) is 5.75 Å². The fourth-order valence-corrected chi connectivity index (χ4v) is 5.73. The molecule has 1 N–H and O–H groups in total. The number of nitrogens with zero attached hydrogens (tertiary/aromatic N) is 1. The highest BCUT2D eigenvalue weighted by atomic mass is 35.5. The largest absolute Gasteiger partial charge is 0.492 e. The lowest BCUT2D eigenvalue weighted by atomic mass is 9.97. The van der Waals surface area contributed by atoms with E-state index in [1.807, 2.05) is 0 Å². The molecule has 0 aliphatic carbocycles. The summed E-state index contributed by atoms with van der Waals surface area (Å²) in [5, 5.41) is 2.98. The molecule has 0 unspecified atom stereocenters. The first-order valence-electron chi connectivity index (χ1n) is 11.2. The highest BCUT2D eigenvalue weighted by Gasteiger charge is 2.34. The number of halogens is 1. The first-order valence-corrected chi connectivity index (χ1v) is 13.0. The summed E-state index contributed by atoms with van der Waals surface area (Å²) in [6, 6.07) is 8.53. The molecule has 1 amide bonds. The number of amides is 1. The maximum atomic E-state index is 13.3. The number of anilines is 1. The van der Waals surface area contributed by atoms with Crippen LogP contribution < -0.4 is 10.1 Å². The summed E-state index contributed by atoms with van der Waals surface area (Å²) < 4.78 is 42.7. The molecule has 194 valence electrons. The zero-order valence-electron chi connectivity index (χ0n) is 20.1. The lowest BCUT2D eigenvalue weighted by molar-refractivity contribution is -0.120. The highest BCUT2D eigenvalue weighted by Crippen LogP contribution is 2.32. The van der Waals surface area contributed by atoms with Crippen LogP contribution in [-0.2, 0) is 24.3 Å². The van der Waals surface area contributed by atoms with Crippen LogP contribution in [0.15, 0.2) is 41.3 Å². The number of esters is 2. The number of ether oxygens (including phenoxy) is 3. The lowest BCUT2D eigenvalue weighted by Crippen LogP contribution is -2.41. The van der Waals surface area contributed by atoms with Gasteiger partial charge in [-0.2, -0.15) is 4.31 Å². The van der Waals surface area contributed by atoms with Gasteiger partial charge in [-0.15, -0.1) is 0 Å². The van der Waals surface area contributed by atoms with Crippen LogP contribution in [0.4, 0.5) is 5.69 Å². The third-order valence-electron chi connectivity index (χ3n) is 5.69. The van der Waals surface area contributed by atoms with Gasteiger partial charge in [0.1, 0.15) is 10.6 Å². The summed E-state index contributed by atoms with van der Waals surface area (Å²) in [7, 11) is -1.49. The fourth-order valence-electron chi connectivity index (χ4n) is 3.87. The molecule has 0 radical (unpaired) electrons. The molecule has 1 saturated heterocycles. The van der Waals surface area contributed by atoms with Gasteiger partial charge in [-0.3, -0.25) is 4.79 Å². The first-order chi connectivity index (χ1) is 17.1. The van der Waals surface area contributed by atoms with Gasteiger partial charge >= 0.3 is 11.9 Å². The Balaban J connectivity index is 1.73. The molecule has 36 heavy (non-hydrogen) atoms. The Morgan fingerprint density at radius 3 is 2.11 bits per heavy atom. The molecular weight excluding hydrogens is 512 g/mol. The van der Waals surface area contributed by atoms with Crippen LogP contribution in [0, 0.1) is 5.92 Å². The number of sulfonamides is 1. The second-order valence-corrected chi connectivity index (χ2v) is 10.3. The van der Waals surface area contributed by atoms with Crippen molar-refractivity contribution < 1.29 is 37.0 Å². The molecule has 1 aliphatic heterocycles. The summed E-state index contributed by atoms with van der Waals surface area (Å²) >= 11 is 6.03. The standard InChI is InChI=1S/C24H27ClN2O8S/c1-4-35-20-6-5-18(25)14-21(20)36(31,32)27-9-7-15(8-10-27)22(28)26-19-12-16(23(29)33-2)11-17(13-19)24(30)34-3/h5-6,11-15H,4,7-10H2,1-3H3,(H,26,28). The number of hydrogen-bond donors (Lipinski definition) is 1. The Kier molecular flexibility index (Phi) is 8.93. The summed E-state index contributed by atoms with van der Waals surface area (Å²) in [5.41, 5.74) is 0.366. The summed E-state index contributed by atoms with van der Waals surface area (Å²) in [5.74, 6) is -1.98. The maximum absolute atomic E-state index is 13.3. The number of nitrogens with one attached hydrogen (secondary N) is 1. The number of carbonyl (C=O) groups excluding carboxylic acids is 3. The molecule has 0 spiro atoms. The van der Waals surface area contributed by atoms with Gasteiger partial charge < -0.3 is 19.5 Å². The number of rotatable bonds is 8. The summed E-state index contributed by atoms with van der Waals surface area (Å²) in [6.45, 7) is 2.29. The minimum atomic E-state index is -3.89. The average Bonchev–Trinajstić information content (AvgIpc) is 2.88. The van der Waals surface area contributed by atoms with Crippen LogP contribution in [0.3, 0.4) is 0 Å². The van der Waals surface area contributed by atoms with Gasteiger partial charge in [-0.05, 0) is 56.2 Å². The van der Waals surface area contributed by atoms with E-state index in [9.17, 15) is 22.8 Å². The van der Waals surface area contributed by atoms with Gasteiger partial charge in [0, 0.05) is 29.7 Å². The van der Waals surface area contributed by atoms with Crippen LogP contribution in [0.1, 0.15) is 40.5 Å². The molecule has 1 aliphatic rings. The van der Waals surface area contributed by atoms with E-state index in [1.54, 1.807) is 13.0 Å². The van der Waals surface area contributed by atoms with Crippen LogP contribution in [0.5, 0.6) is 5.75 Å². The molecule has 3 rings (SSSR count). The molecule has 1 fully saturated rings. The van der Waals surface area contributed by atoms with E-state index >= 15 is 0 Å². The second kappa shape index (κ2) is 11.7. The van der Waals surface area contributed by atoms with Gasteiger partial charge in [0.05, 0.1) is 32.0 Å². The van der Waals surface area contributed by atoms with Crippen molar-refractivity contribution in [1.29, 1.82) is 0 Å². The van der Waals surface area contributed by atoms with Gasteiger partial charge in [-0.25, -0.2) is 18.0 Å². The van der Waals surface area contributed by atoms with Gasteiger partial charge in [0.2, 0.25) is 15.9 Å². The molecular formula is C24H27ClN2O8S. The van der Waals surface area contributed by atoms with Crippen molar-refractivity contribution in [3.05, 3.63) is 52.5 Å². The number of benzene rings is 2. The zero-order chi connectivity index (χ0) is 26.5. The van der Waals surface area contributed by atoms with E-state index in [0.29, 0.717) is 6.61 Å². The van der Waals surface area contributed by atoms with E-state index in [4.69, 9.17) is 25.8 Å². The van der Waals surface area contributed by atoms with Gasteiger partial charge in [-0.1, -0.05) is 11.6 Å². The maximum Gasteiger partial charge on any atom is 0.337 e. The average molecular weight is 539 g/mol. The van der Waals surface area contributed by atoms with Crippen molar-refractivity contribution in [2.24, 2.45) is 5.92 Å². The molecule has 0 bridgehead atoms. The predicted molar refractivity (Wildman–Crippen MR) is 132 cm³/mol. The smallest absolute Gasteiger partial charge is 0.337 e. The minimum absolute atomic E-state index is 0.0188. The molecule has 0 aromatic heterocycles. The normalized spacial score (nSPS) is 14.7. The fraction of sp³-hybridized carbons (Fsp3) is 0.375. The van der Waals surface area contributed by atoms with Crippen molar-refractivity contribution >= 4 is 45.2 Å². The molecule has 0 saturated carbocycles. The van der Waals surface area contributed by atoms with E-state index in [1.165, 1.54) is 48.9 Å². The number of hydrogen-bond acceptors (Lipinski definition) is 8. The van der Waals surface area contributed by atoms with E-state index in [2.05, 4.69) is 5.32 Å². The lowest BCUT2D eigenvalue weighted by Gasteiger charge is -2.31. The van der Waals surface area contributed by atoms with E-state index in [-0.39, 0.29) is 64.3 Å². The molecule has 2 aromatic rings. The second-order valence-electron chi connectivity index (χ2n) is 7.97. The summed E-state index contributed by atoms with van der Waals surface area (Å²) in [6.07, 6.45) is 0.548. The summed E-state index contributed by atoms with van der Waals surface area (Å²) in [4.78, 5) is 36.9. The minimum Gasteiger partial charge on any atom is -0.492 e. The van der Waals surface area contributed by atoms with Gasteiger partial charge in [0.25, 0.3) is 0 Å². The topological polar surface area (TPSA) is 128 Å². The van der Waals surface area contributed by atoms with Crippen molar-refractivity contribution in [2.75, 3.05) is 39.2 Å². The van der Waals surface area contributed by atoms with E-state index < -0.39 is 27.9 Å². The number of carbonyl (C=O) groups is 3. The molecule has 2 aromatic carbocycles. The third-order valence-corrected chi connectivity index (χ3v) is 7.85. The highest BCUT2D eigenvalue weighted by molar-refractivity contribution is 7.89. The van der Waals surface area contributed by atoms with E-state index in [0.717, 1.165) is 0 Å². The molecule has 12 heteroatoms. The SMILES string of the molecule is CCOc1ccc(Cl)cc1S(=O)(=O)N1CCC(C(=O)Nc2cc(C(=O)OC)cc(C(=O)OC)c2)CC1. The Bertz CT molecular complexity index is 1220. The predicted octanol–water partition coefficient (Wildman–Crippen LogP) is 3.35. The van der Waals surface area contributed by atoms with Gasteiger partial charge in [0.15, 0.2) is 0 Å². The van der Waals surface area contributed by atoms with Crippen LogP contribution in [-0.4, -0.2) is 64.5 Å². The van der Waals surface area contributed by atoms with Crippen LogP contribution >= 0.6 is 11.6 Å². The first kappa shape index (κ1) is 27.4. The molecule has 1 heterocycles. The molecule has 0 atom stereocenters. The zero-order valence-corrected chi connectivity index (χ0v) is 21.6. The van der Waals surface area contributed by atoms with Crippen molar-refractivity contribution in [2.45, 2.75) is 24.7 Å². The Morgan fingerprint density at radius 1 is 1.00 bits per heavy atom. The molecule has 10 nitrogen and oxygen atoms in total. The van der Waals surface area contributed by atoms with Crippen molar-refractivity contribution in [1.82, 2.24) is 4.31 Å². The number of methoxy groups -OCH3 is 2. The van der Waals surface area contributed by atoms with Crippen molar-refractivity contribution in [3.63, 3.8) is 0 Å². The number of piperidine rings is 1. The monoisotopic (exact) mass is 538 g/mol. The third kappa shape index (κ3) is 6.15.